The maximum absolute atomic E-state index is 5.54. The van der Waals surface area contributed by atoms with Gasteiger partial charge >= 0.3 is 0 Å². The Morgan fingerprint density at radius 2 is 1.96 bits per heavy atom. The molecule has 4 rings (SSSR count). The van der Waals surface area contributed by atoms with Gasteiger partial charge in [-0.05, 0) is 37.3 Å². The Bertz CT molecular complexity index is 731. The number of fused-ring (bicyclic) bond motifs is 1. The van der Waals surface area contributed by atoms with Gasteiger partial charge in [0.1, 0.15) is 0 Å². The Labute approximate surface area is 150 Å². The molecule has 0 N–H and O–H groups in total. The zero-order valence-corrected chi connectivity index (χ0v) is 15.5. The number of para-hydroxylation sites is 1. The van der Waals surface area contributed by atoms with Crippen molar-refractivity contribution < 1.29 is 4.74 Å². The first-order valence-corrected chi connectivity index (χ1v) is 9.69. The normalized spacial score (nSPS) is 22.0. The number of aromatic nitrogens is 1. The minimum absolute atomic E-state index is 0.738. The number of hydrogen-bond donors (Lipinski definition) is 0. The lowest BCUT2D eigenvalue weighted by molar-refractivity contribution is 0.164. The monoisotopic (exact) mass is 339 g/mol. The fourth-order valence-corrected chi connectivity index (χ4v) is 4.38. The van der Waals surface area contributed by atoms with E-state index in [1.807, 2.05) is 0 Å². The van der Waals surface area contributed by atoms with Crippen LogP contribution >= 0.6 is 0 Å². The van der Waals surface area contributed by atoms with Crippen molar-refractivity contribution in [1.29, 1.82) is 0 Å². The number of ether oxygens (including phenoxy) is 1. The topological polar surface area (TPSA) is 28.6 Å². The molecule has 25 heavy (non-hydrogen) atoms. The van der Waals surface area contributed by atoms with Gasteiger partial charge < -0.3 is 9.64 Å². The van der Waals surface area contributed by atoms with E-state index in [1.54, 1.807) is 0 Å². The Balaban J connectivity index is 1.56. The number of piperazine rings is 1. The first-order valence-electron chi connectivity index (χ1n) is 9.69. The molecule has 0 bridgehead atoms. The van der Waals surface area contributed by atoms with Crippen LogP contribution in [0.3, 0.4) is 0 Å². The number of hydrogen-bond acceptors (Lipinski definition) is 4. The summed E-state index contributed by atoms with van der Waals surface area (Å²) in [7, 11) is 0. The van der Waals surface area contributed by atoms with Gasteiger partial charge in [-0.25, -0.2) is 0 Å². The van der Waals surface area contributed by atoms with E-state index in [-0.39, 0.29) is 0 Å². The van der Waals surface area contributed by atoms with E-state index >= 15 is 0 Å². The summed E-state index contributed by atoms with van der Waals surface area (Å²) >= 11 is 0. The molecule has 2 aliphatic heterocycles. The van der Waals surface area contributed by atoms with Gasteiger partial charge in [-0.15, -0.1) is 0 Å². The van der Waals surface area contributed by atoms with E-state index < -0.39 is 0 Å². The van der Waals surface area contributed by atoms with Gasteiger partial charge in [0.05, 0.1) is 17.8 Å². The number of pyridine rings is 1. The summed E-state index contributed by atoms with van der Waals surface area (Å²) in [5.74, 6) is 0.738. The third kappa shape index (κ3) is 3.38. The Morgan fingerprint density at radius 1 is 1.16 bits per heavy atom. The standard InChI is InChI=1S/C21H29N3O/c1-3-18-16(2)22-20-7-5-4-6-19(20)21(18)24-11-9-23(10-12-24)14-17-8-13-25-15-17/h4-7,17H,3,8-15H2,1-2H3. The second kappa shape index (κ2) is 7.30. The third-order valence-corrected chi connectivity index (χ3v) is 5.75. The Hall–Kier alpha value is -1.65. The van der Waals surface area contributed by atoms with Crippen LogP contribution in [0.2, 0.25) is 0 Å². The van der Waals surface area contributed by atoms with Gasteiger partial charge in [-0.1, -0.05) is 25.1 Å². The number of anilines is 1. The highest BCUT2D eigenvalue weighted by Crippen LogP contribution is 2.33. The van der Waals surface area contributed by atoms with Crippen LogP contribution in [0, 0.1) is 12.8 Å². The van der Waals surface area contributed by atoms with Crippen LogP contribution in [0.1, 0.15) is 24.6 Å². The summed E-state index contributed by atoms with van der Waals surface area (Å²) < 4.78 is 5.54. The third-order valence-electron chi connectivity index (χ3n) is 5.75. The Morgan fingerprint density at radius 3 is 2.68 bits per heavy atom. The molecule has 3 heterocycles. The second-order valence-corrected chi connectivity index (χ2v) is 7.41. The molecule has 1 atom stereocenters. The van der Waals surface area contributed by atoms with E-state index in [0.29, 0.717) is 0 Å². The first-order chi connectivity index (χ1) is 12.3. The van der Waals surface area contributed by atoms with E-state index in [0.717, 1.165) is 57.2 Å². The number of nitrogens with zero attached hydrogens (tertiary/aromatic N) is 3. The van der Waals surface area contributed by atoms with Crippen molar-refractivity contribution in [2.75, 3.05) is 50.8 Å². The maximum atomic E-state index is 5.54. The fraction of sp³-hybridized carbons (Fsp3) is 0.571. The summed E-state index contributed by atoms with van der Waals surface area (Å²) in [5, 5.41) is 1.31. The highest BCUT2D eigenvalue weighted by molar-refractivity contribution is 5.94. The Kier molecular flexibility index (Phi) is 4.91. The molecule has 0 saturated carbocycles. The van der Waals surface area contributed by atoms with Crippen LogP contribution in [0.4, 0.5) is 5.69 Å². The van der Waals surface area contributed by atoms with Crippen molar-refractivity contribution in [3.63, 3.8) is 0 Å². The molecule has 134 valence electrons. The van der Waals surface area contributed by atoms with E-state index in [2.05, 4.69) is 47.9 Å². The molecule has 1 unspecified atom stereocenters. The highest BCUT2D eigenvalue weighted by atomic mass is 16.5. The summed E-state index contributed by atoms with van der Waals surface area (Å²) in [6, 6.07) is 8.60. The van der Waals surface area contributed by atoms with E-state index in [9.17, 15) is 0 Å². The van der Waals surface area contributed by atoms with Gasteiger partial charge in [0, 0.05) is 50.4 Å². The molecule has 0 aliphatic carbocycles. The van der Waals surface area contributed by atoms with Gasteiger partial charge in [0.25, 0.3) is 0 Å². The summed E-state index contributed by atoms with van der Waals surface area (Å²) in [4.78, 5) is 10.1. The zero-order chi connectivity index (χ0) is 17.2. The van der Waals surface area contributed by atoms with Crippen molar-refractivity contribution in [1.82, 2.24) is 9.88 Å². The van der Waals surface area contributed by atoms with Gasteiger partial charge in [-0.2, -0.15) is 0 Å². The molecule has 4 nitrogen and oxygen atoms in total. The summed E-state index contributed by atoms with van der Waals surface area (Å²) in [6.45, 7) is 12.0. The zero-order valence-electron chi connectivity index (χ0n) is 15.5. The number of rotatable bonds is 4. The lowest BCUT2D eigenvalue weighted by Crippen LogP contribution is -2.48. The average Bonchev–Trinajstić information content (AvgIpc) is 3.14. The summed E-state index contributed by atoms with van der Waals surface area (Å²) in [5.41, 5.74) is 5.14. The quantitative estimate of drug-likeness (QED) is 0.855. The highest BCUT2D eigenvalue weighted by Gasteiger charge is 2.25. The molecule has 2 aromatic rings. The molecule has 4 heteroatoms. The molecule has 0 radical (unpaired) electrons. The van der Waals surface area contributed by atoms with E-state index in [4.69, 9.17) is 9.72 Å². The number of benzene rings is 1. The molecule has 1 aromatic heterocycles. The lowest BCUT2D eigenvalue weighted by Gasteiger charge is -2.38. The van der Waals surface area contributed by atoms with Gasteiger partial charge in [-0.3, -0.25) is 9.88 Å². The first kappa shape index (κ1) is 16.8. The molecule has 0 spiro atoms. The van der Waals surface area contributed by atoms with Crippen LogP contribution in [0.25, 0.3) is 10.9 Å². The molecular formula is C21H29N3O. The van der Waals surface area contributed by atoms with Crippen molar-refractivity contribution >= 4 is 16.6 Å². The molecular weight excluding hydrogens is 310 g/mol. The molecule has 2 saturated heterocycles. The fourth-order valence-electron chi connectivity index (χ4n) is 4.38. The van der Waals surface area contributed by atoms with Crippen LogP contribution in [-0.2, 0) is 11.2 Å². The minimum atomic E-state index is 0.738. The van der Waals surface area contributed by atoms with Crippen LogP contribution in [0.5, 0.6) is 0 Å². The average molecular weight is 339 g/mol. The van der Waals surface area contributed by atoms with Gasteiger partial charge in [0.2, 0.25) is 0 Å². The molecule has 2 fully saturated rings. The predicted molar refractivity (Wildman–Crippen MR) is 103 cm³/mol. The van der Waals surface area contributed by atoms with E-state index in [1.165, 1.54) is 35.3 Å². The number of aryl methyl sites for hydroxylation is 1. The summed E-state index contributed by atoms with van der Waals surface area (Å²) in [6.07, 6.45) is 2.27. The maximum Gasteiger partial charge on any atom is 0.0726 e. The van der Waals surface area contributed by atoms with Crippen molar-refractivity contribution in [3.8, 4) is 0 Å². The van der Waals surface area contributed by atoms with Crippen molar-refractivity contribution in [2.24, 2.45) is 5.92 Å². The van der Waals surface area contributed by atoms with Crippen LogP contribution < -0.4 is 4.90 Å². The molecule has 1 aromatic carbocycles. The molecule has 2 aliphatic rings. The second-order valence-electron chi connectivity index (χ2n) is 7.41. The molecule has 0 amide bonds. The minimum Gasteiger partial charge on any atom is -0.381 e. The van der Waals surface area contributed by atoms with Crippen LogP contribution in [0.15, 0.2) is 24.3 Å². The lowest BCUT2D eigenvalue weighted by atomic mass is 10.0. The van der Waals surface area contributed by atoms with Gasteiger partial charge in [0.15, 0.2) is 0 Å². The largest absolute Gasteiger partial charge is 0.381 e. The van der Waals surface area contributed by atoms with Crippen molar-refractivity contribution in [2.45, 2.75) is 26.7 Å². The van der Waals surface area contributed by atoms with Crippen molar-refractivity contribution in [3.05, 3.63) is 35.5 Å². The SMILES string of the molecule is CCc1c(C)nc2ccccc2c1N1CCN(CC2CCOC2)CC1. The smallest absolute Gasteiger partial charge is 0.0726 e. The van der Waals surface area contributed by atoms with Crippen LogP contribution in [-0.4, -0.2) is 55.8 Å². The predicted octanol–water partition coefficient (Wildman–Crippen LogP) is 3.26.